The zero-order valence-corrected chi connectivity index (χ0v) is 18.8. The van der Waals surface area contributed by atoms with Crippen LogP contribution < -0.4 is 0 Å². The van der Waals surface area contributed by atoms with Gasteiger partial charge >= 0.3 is 0 Å². The van der Waals surface area contributed by atoms with Crippen LogP contribution in [-0.2, 0) is 12.8 Å². The van der Waals surface area contributed by atoms with Crippen molar-refractivity contribution in [2.45, 2.75) is 32.1 Å². The van der Waals surface area contributed by atoms with Gasteiger partial charge in [-0.25, -0.2) is 4.98 Å². The lowest BCUT2D eigenvalue weighted by Crippen LogP contribution is -2.36. The van der Waals surface area contributed by atoms with Gasteiger partial charge in [0.15, 0.2) is 0 Å². The Morgan fingerprint density at radius 2 is 1.56 bits per heavy atom. The molecular weight excluding hydrogens is 388 g/mol. The van der Waals surface area contributed by atoms with Gasteiger partial charge in [-0.05, 0) is 67.8 Å². The van der Waals surface area contributed by atoms with Crippen molar-refractivity contribution in [2.75, 3.05) is 19.6 Å². The summed E-state index contributed by atoms with van der Waals surface area (Å²) in [5, 5.41) is 1.31. The number of nitrogens with zero attached hydrogens (tertiary/aromatic N) is 2. The number of hydrogen-bond donors (Lipinski definition) is 0. The van der Waals surface area contributed by atoms with Crippen LogP contribution in [0.1, 0.15) is 30.4 Å². The van der Waals surface area contributed by atoms with Crippen molar-refractivity contribution >= 4 is 10.9 Å². The Balaban J connectivity index is 1.27. The van der Waals surface area contributed by atoms with Crippen LogP contribution in [0, 0.1) is 5.92 Å². The van der Waals surface area contributed by atoms with E-state index in [9.17, 15) is 0 Å². The van der Waals surface area contributed by atoms with Crippen LogP contribution in [0.5, 0.6) is 0 Å². The van der Waals surface area contributed by atoms with Gasteiger partial charge in [0.2, 0.25) is 0 Å². The number of hydrogen-bond acceptors (Lipinski definition) is 2. The summed E-state index contributed by atoms with van der Waals surface area (Å²) in [6.45, 7) is 3.66. The Morgan fingerprint density at radius 3 is 2.41 bits per heavy atom. The molecule has 0 bridgehead atoms. The molecule has 0 aliphatic carbocycles. The third kappa shape index (κ3) is 5.08. The SMILES string of the molecule is c1ccc(CCN2CCCC(CCc3cc(-c4ccccc4)nc4ccccc34)C2)cc1. The first-order chi connectivity index (χ1) is 15.8. The molecule has 1 aromatic heterocycles. The van der Waals surface area contributed by atoms with Crippen molar-refractivity contribution in [3.8, 4) is 11.3 Å². The van der Waals surface area contributed by atoms with E-state index >= 15 is 0 Å². The van der Waals surface area contributed by atoms with Crippen LogP contribution in [0.2, 0.25) is 0 Å². The van der Waals surface area contributed by atoms with E-state index in [0.717, 1.165) is 30.0 Å². The number of likely N-dealkylation sites (tertiary alicyclic amines) is 1. The highest BCUT2D eigenvalue weighted by Gasteiger charge is 2.20. The zero-order valence-electron chi connectivity index (χ0n) is 18.8. The number of piperidine rings is 1. The number of benzene rings is 3. The third-order valence-corrected chi connectivity index (χ3v) is 6.86. The van der Waals surface area contributed by atoms with E-state index in [4.69, 9.17) is 4.98 Å². The summed E-state index contributed by atoms with van der Waals surface area (Å²) in [5.41, 5.74) is 6.29. The minimum absolute atomic E-state index is 0.784. The molecule has 2 nitrogen and oxygen atoms in total. The molecule has 4 aromatic rings. The highest BCUT2D eigenvalue weighted by molar-refractivity contribution is 5.85. The molecule has 2 heterocycles. The summed E-state index contributed by atoms with van der Waals surface area (Å²) in [6, 6.07) is 32.4. The second-order valence-corrected chi connectivity index (χ2v) is 9.13. The number of para-hydroxylation sites is 1. The minimum Gasteiger partial charge on any atom is -0.303 e. The number of aromatic nitrogens is 1. The zero-order chi connectivity index (χ0) is 21.6. The van der Waals surface area contributed by atoms with Crippen molar-refractivity contribution in [3.05, 3.63) is 102 Å². The fourth-order valence-electron chi connectivity index (χ4n) is 5.09. The first-order valence-electron chi connectivity index (χ1n) is 12.1. The van der Waals surface area contributed by atoms with Crippen molar-refractivity contribution in [3.63, 3.8) is 0 Å². The molecule has 3 aromatic carbocycles. The second kappa shape index (κ2) is 10.1. The molecule has 0 spiro atoms. The number of aryl methyl sites for hydroxylation is 1. The molecule has 0 saturated carbocycles. The summed E-state index contributed by atoms with van der Waals surface area (Å²) >= 11 is 0. The summed E-state index contributed by atoms with van der Waals surface area (Å²) in [6.07, 6.45) is 6.22. The van der Waals surface area contributed by atoms with Gasteiger partial charge in [-0.15, -0.1) is 0 Å². The average molecular weight is 421 g/mol. The van der Waals surface area contributed by atoms with Gasteiger partial charge in [0, 0.05) is 24.0 Å². The first kappa shape index (κ1) is 20.9. The van der Waals surface area contributed by atoms with E-state index in [-0.39, 0.29) is 0 Å². The van der Waals surface area contributed by atoms with Crippen LogP contribution in [0.15, 0.2) is 91.0 Å². The summed E-state index contributed by atoms with van der Waals surface area (Å²) in [7, 11) is 0. The van der Waals surface area contributed by atoms with Gasteiger partial charge in [-0.1, -0.05) is 78.9 Å². The standard InChI is InChI=1S/C30H32N2/c1-3-10-24(11-4-1)19-21-32-20-9-12-25(23-32)17-18-27-22-30(26-13-5-2-6-14-26)31-29-16-8-7-15-28(27)29/h1-8,10-11,13-16,22,25H,9,12,17-21,23H2. The van der Waals surface area contributed by atoms with Crippen LogP contribution in [-0.4, -0.2) is 29.5 Å². The van der Waals surface area contributed by atoms with Crippen LogP contribution in [0.3, 0.4) is 0 Å². The van der Waals surface area contributed by atoms with Gasteiger partial charge in [-0.2, -0.15) is 0 Å². The molecule has 0 N–H and O–H groups in total. The lowest BCUT2D eigenvalue weighted by atomic mass is 9.90. The van der Waals surface area contributed by atoms with Gasteiger partial charge in [-0.3, -0.25) is 0 Å². The highest BCUT2D eigenvalue weighted by atomic mass is 15.1. The van der Waals surface area contributed by atoms with E-state index in [2.05, 4.69) is 95.9 Å². The number of rotatable bonds is 7. The normalized spacial score (nSPS) is 16.9. The number of fused-ring (bicyclic) bond motifs is 1. The molecule has 0 radical (unpaired) electrons. The molecule has 5 rings (SSSR count). The molecule has 162 valence electrons. The molecule has 1 unspecified atom stereocenters. The summed E-state index contributed by atoms with van der Waals surface area (Å²) < 4.78 is 0. The monoisotopic (exact) mass is 420 g/mol. The van der Waals surface area contributed by atoms with Gasteiger partial charge in [0.05, 0.1) is 11.2 Å². The van der Waals surface area contributed by atoms with E-state index in [1.165, 1.54) is 61.0 Å². The van der Waals surface area contributed by atoms with Crippen LogP contribution >= 0.6 is 0 Å². The topological polar surface area (TPSA) is 16.1 Å². The molecular formula is C30H32N2. The number of pyridine rings is 1. The smallest absolute Gasteiger partial charge is 0.0712 e. The van der Waals surface area contributed by atoms with Crippen LogP contribution in [0.25, 0.3) is 22.2 Å². The Hall–Kier alpha value is -2.97. The van der Waals surface area contributed by atoms with Gasteiger partial charge < -0.3 is 4.90 Å². The third-order valence-electron chi connectivity index (χ3n) is 6.86. The van der Waals surface area contributed by atoms with Gasteiger partial charge in [0.25, 0.3) is 0 Å². The second-order valence-electron chi connectivity index (χ2n) is 9.13. The average Bonchev–Trinajstić information content (AvgIpc) is 2.87. The maximum Gasteiger partial charge on any atom is 0.0712 e. The Morgan fingerprint density at radius 1 is 0.812 bits per heavy atom. The lowest BCUT2D eigenvalue weighted by Gasteiger charge is -2.33. The fourth-order valence-corrected chi connectivity index (χ4v) is 5.09. The van der Waals surface area contributed by atoms with Crippen LogP contribution in [0.4, 0.5) is 0 Å². The van der Waals surface area contributed by atoms with Crippen molar-refractivity contribution < 1.29 is 0 Å². The first-order valence-corrected chi connectivity index (χ1v) is 12.1. The predicted octanol–water partition coefficient (Wildman–Crippen LogP) is 6.79. The van der Waals surface area contributed by atoms with Crippen molar-refractivity contribution in [1.29, 1.82) is 0 Å². The molecule has 2 heteroatoms. The molecule has 32 heavy (non-hydrogen) atoms. The highest BCUT2D eigenvalue weighted by Crippen LogP contribution is 2.28. The van der Waals surface area contributed by atoms with E-state index in [0.29, 0.717) is 0 Å². The summed E-state index contributed by atoms with van der Waals surface area (Å²) in [5.74, 6) is 0.784. The molecule has 0 amide bonds. The molecule has 1 aliphatic heterocycles. The maximum atomic E-state index is 4.96. The van der Waals surface area contributed by atoms with E-state index in [1.54, 1.807) is 0 Å². The summed E-state index contributed by atoms with van der Waals surface area (Å²) in [4.78, 5) is 7.64. The van der Waals surface area contributed by atoms with Gasteiger partial charge in [0.1, 0.15) is 0 Å². The van der Waals surface area contributed by atoms with E-state index in [1.807, 2.05) is 0 Å². The maximum absolute atomic E-state index is 4.96. The van der Waals surface area contributed by atoms with Crippen molar-refractivity contribution in [2.24, 2.45) is 5.92 Å². The van der Waals surface area contributed by atoms with Crippen molar-refractivity contribution in [1.82, 2.24) is 9.88 Å². The molecule has 1 fully saturated rings. The predicted molar refractivity (Wildman–Crippen MR) is 135 cm³/mol. The Kier molecular flexibility index (Phi) is 6.60. The lowest BCUT2D eigenvalue weighted by molar-refractivity contribution is 0.170. The molecule has 1 atom stereocenters. The fraction of sp³-hybridized carbons (Fsp3) is 0.300. The minimum atomic E-state index is 0.784. The molecule has 1 aliphatic rings. The largest absolute Gasteiger partial charge is 0.303 e. The quantitative estimate of drug-likeness (QED) is 0.327. The van der Waals surface area contributed by atoms with E-state index < -0.39 is 0 Å². The molecule has 1 saturated heterocycles. The Bertz CT molecular complexity index is 1140. The Labute approximate surface area is 191 Å².